The van der Waals surface area contributed by atoms with Gasteiger partial charge in [-0.1, -0.05) is 11.2 Å². The van der Waals surface area contributed by atoms with E-state index in [2.05, 4.69) is 10.5 Å². The first kappa shape index (κ1) is 27.6. The molecule has 9 nitrogen and oxygen atoms in total. The van der Waals surface area contributed by atoms with Crippen molar-refractivity contribution >= 4 is 27.4 Å². The second-order valence-electron chi connectivity index (χ2n) is 11.0. The molecule has 1 aliphatic heterocycles. The summed E-state index contributed by atoms with van der Waals surface area (Å²) in [5, 5.41) is 16.8. The lowest BCUT2D eigenvalue weighted by atomic mass is 9.61. The molecule has 2 aliphatic carbocycles. The molecular formula is C28H28F3N3O6S. The first-order valence-electron chi connectivity index (χ1n) is 13.2. The van der Waals surface area contributed by atoms with Gasteiger partial charge in [-0.2, -0.15) is 13.2 Å². The Morgan fingerprint density at radius 2 is 1.85 bits per heavy atom. The van der Waals surface area contributed by atoms with E-state index in [-0.39, 0.29) is 35.0 Å². The van der Waals surface area contributed by atoms with E-state index < -0.39 is 52.0 Å². The molecule has 1 atom stereocenters. The number of rotatable bonds is 6. The summed E-state index contributed by atoms with van der Waals surface area (Å²) in [6.45, 7) is 0. The van der Waals surface area contributed by atoms with E-state index in [1.54, 1.807) is 24.3 Å². The van der Waals surface area contributed by atoms with E-state index in [0.29, 0.717) is 29.8 Å². The lowest BCUT2D eigenvalue weighted by Crippen LogP contribution is -2.56. The van der Waals surface area contributed by atoms with E-state index >= 15 is 0 Å². The summed E-state index contributed by atoms with van der Waals surface area (Å²) in [5.41, 5.74) is -2.91. The van der Waals surface area contributed by atoms with Crippen molar-refractivity contribution in [2.24, 2.45) is 5.92 Å². The summed E-state index contributed by atoms with van der Waals surface area (Å²) < 4.78 is 81.4. The molecule has 0 bridgehead atoms. The van der Waals surface area contributed by atoms with Crippen LogP contribution in [-0.4, -0.2) is 49.5 Å². The predicted molar refractivity (Wildman–Crippen MR) is 141 cm³/mol. The van der Waals surface area contributed by atoms with Crippen LogP contribution in [0.2, 0.25) is 0 Å². The summed E-state index contributed by atoms with van der Waals surface area (Å²) in [4.78, 5) is 13.1. The number of hydrogen-bond acceptors (Lipinski definition) is 7. The van der Waals surface area contributed by atoms with E-state index in [1.807, 2.05) is 0 Å². The second-order valence-corrected chi connectivity index (χ2v) is 12.8. The predicted octanol–water partition coefficient (Wildman–Crippen LogP) is 5.03. The number of hydrogen-bond donors (Lipinski definition) is 2. The largest absolute Gasteiger partial charge is 0.497 e. The minimum atomic E-state index is -4.82. The highest BCUT2D eigenvalue weighted by Gasteiger charge is 2.65. The zero-order valence-corrected chi connectivity index (χ0v) is 22.8. The van der Waals surface area contributed by atoms with Crippen molar-refractivity contribution in [2.75, 3.05) is 16.7 Å². The molecule has 3 aromatic rings. The van der Waals surface area contributed by atoms with Crippen molar-refractivity contribution in [3.05, 3.63) is 65.9 Å². The normalized spacial score (nSPS) is 26.2. The summed E-state index contributed by atoms with van der Waals surface area (Å²) in [6.07, 6.45) is -3.47. The maximum Gasteiger partial charge on any atom is 0.417 e. The Kier molecular flexibility index (Phi) is 6.38. The molecule has 1 spiro atoms. The zero-order chi connectivity index (χ0) is 29.2. The molecule has 1 amide bonds. The molecule has 1 unspecified atom stereocenters. The molecule has 0 radical (unpaired) electrons. The van der Waals surface area contributed by atoms with Gasteiger partial charge in [0, 0.05) is 23.1 Å². The number of nitrogens with zero attached hydrogens (tertiary/aromatic N) is 2. The molecule has 2 heterocycles. The van der Waals surface area contributed by atoms with Crippen molar-refractivity contribution in [3.8, 4) is 5.75 Å². The Morgan fingerprint density at radius 3 is 2.46 bits per heavy atom. The van der Waals surface area contributed by atoms with Crippen LogP contribution in [0.5, 0.6) is 5.75 Å². The third kappa shape index (κ3) is 4.45. The van der Waals surface area contributed by atoms with Gasteiger partial charge in [0.25, 0.3) is 15.9 Å². The van der Waals surface area contributed by atoms with Gasteiger partial charge in [0.2, 0.25) is 0 Å². The number of anilines is 2. The number of nitrogens with one attached hydrogen (secondary N) is 1. The van der Waals surface area contributed by atoms with Gasteiger partial charge in [-0.05, 0) is 80.3 Å². The van der Waals surface area contributed by atoms with Crippen molar-refractivity contribution < 1.29 is 40.8 Å². The third-order valence-electron chi connectivity index (χ3n) is 8.69. The van der Waals surface area contributed by atoms with E-state index in [1.165, 1.54) is 41.9 Å². The van der Waals surface area contributed by atoms with E-state index in [4.69, 9.17) is 9.26 Å². The second kappa shape index (κ2) is 9.48. The number of aliphatic hydroxyl groups is 1. The number of carbonyl (C=O) groups excluding carboxylic acids is 1. The molecular weight excluding hydrogens is 563 g/mol. The molecule has 13 heteroatoms. The molecule has 2 fully saturated rings. The van der Waals surface area contributed by atoms with Crippen LogP contribution in [-0.2, 0) is 15.4 Å². The Hall–Kier alpha value is -3.58. The molecule has 6 rings (SSSR count). The van der Waals surface area contributed by atoms with Gasteiger partial charge < -0.3 is 19.7 Å². The van der Waals surface area contributed by atoms with Crippen molar-refractivity contribution in [3.63, 3.8) is 0 Å². The van der Waals surface area contributed by atoms with Crippen LogP contribution in [0.3, 0.4) is 0 Å². The summed E-state index contributed by atoms with van der Waals surface area (Å²) in [7, 11) is -2.77. The lowest BCUT2D eigenvalue weighted by molar-refractivity contribution is -0.273. The maximum atomic E-state index is 14.3. The average molecular weight is 592 g/mol. The summed E-state index contributed by atoms with van der Waals surface area (Å²) in [6, 6.07) is 11.4. The van der Waals surface area contributed by atoms with Gasteiger partial charge in [0.05, 0.1) is 23.7 Å². The number of sulfonamides is 1. The topological polar surface area (TPSA) is 122 Å². The van der Waals surface area contributed by atoms with Crippen LogP contribution in [0.4, 0.5) is 24.7 Å². The molecule has 0 saturated heterocycles. The first-order chi connectivity index (χ1) is 19.4. The molecule has 218 valence electrons. The number of benzene rings is 2. The fourth-order valence-corrected chi connectivity index (χ4v) is 8.27. The van der Waals surface area contributed by atoms with Crippen LogP contribution in [0.1, 0.15) is 54.4 Å². The van der Waals surface area contributed by atoms with Gasteiger partial charge >= 0.3 is 6.18 Å². The molecule has 2 aromatic carbocycles. The highest BCUT2D eigenvalue weighted by atomic mass is 32.2. The first-order valence-corrected chi connectivity index (χ1v) is 14.7. The number of carbonyl (C=O) groups is 1. The number of amides is 1. The number of alkyl halides is 3. The van der Waals surface area contributed by atoms with Gasteiger partial charge in [0.15, 0.2) is 11.4 Å². The van der Waals surface area contributed by atoms with E-state index in [9.17, 15) is 31.5 Å². The minimum Gasteiger partial charge on any atom is -0.497 e. The Balaban J connectivity index is 1.49. The molecule has 41 heavy (non-hydrogen) atoms. The van der Waals surface area contributed by atoms with Crippen LogP contribution >= 0.6 is 0 Å². The van der Waals surface area contributed by atoms with Gasteiger partial charge in [0.1, 0.15) is 12.0 Å². The molecule has 1 aromatic heterocycles. The molecule has 2 saturated carbocycles. The number of ether oxygens (including phenoxy) is 1. The van der Waals surface area contributed by atoms with Crippen LogP contribution in [0.15, 0.2) is 64.2 Å². The number of methoxy groups -OCH3 is 1. The summed E-state index contributed by atoms with van der Waals surface area (Å²) >= 11 is 0. The van der Waals surface area contributed by atoms with Gasteiger partial charge in [-0.25, -0.2) is 8.42 Å². The average Bonchev–Trinajstić information content (AvgIpc) is 3.58. The summed E-state index contributed by atoms with van der Waals surface area (Å²) in [5.74, 6) is -0.101. The van der Waals surface area contributed by atoms with Crippen LogP contribution < -0.4 is 14.4 Å². The van der Waals surface area contributed by atoms with Gasteiger partial charge in [-0.3, -0.25) is 9.10 Å². The SMILES string of the molecule is COc1cccc(S(=O)(=O)N2c3ccc(C(=O)Nc4ccon4)cc3C3(CCC(O)(C(F)(F)F)CC3)C2C2CC2)c1. The molecule has 3 aliphatic rings. The van der Waals surface area contributed by atoms with Crippen molar-refractivity contribution in [1.82, 2.24) is 5.16 Å². The maximum absolute atomic E-state index is 14.3. The smallest absolute Gasteiger partial charge is 0.417 e. The zero-order valence-electron chi connectivity index (χ0n) is 22.0. The highest BCUT2D eigenvalue weighted by Crippen LogP contribution is 2.62. The van der Waals surface area contributed by atoms with Crippen LogP contribution in [0.25, 0.3) is 0 Å². The Labute approximate surface area is 234 Å². The number of aromatic nitrogens is 1. The monoisotopic (exact) mass is 591 g/mol. The number of halogens is 3. The standard InChI is InChI=1S/C28H28F3N3O6S/c1-39-19-3-2-4-20(16-19)41(37,38)34-22-8-7-18(25(35)32-23-9-14-40-33-23)15-21(22)26(24(34)17-5-6-17)10-12-27(36,13-11-26)28(29,30)31/h2-4,7-9,14-17,24,36H,5-6,10-13H2,1H3,(H,32,33,35). The third-order valence-corrected chi connectivity index (χ3v) is 10.5. The van der Waals surface area contributed by atoms with E-state index in [0.717, 1.165) is 0 Å². The minimum absolute atomic E-state index is 0.0130. The number of fused-ring (bicyclic) bond motifs is 2. The fourth-order valence-electron chi connectivity index (χ4n) is 6.43. The van der Waals surface area contributed by atoms with Crippen LogP contribution in [0, 0.1) is 5.92 Å². The highest BCUT2D eigenvalue weighted by molar-refractivity contribution is 7.93. The van der Waals surface area contributed by atoms with Crippen molar-refractivity contribution in [1.29, 1.82) is 0 Å². The molecule has 2 N–H and O–H groups in total. The quantitative estimate of drug-likeness (QED) is 0.413. The van der Waals surface area contributed by atoms with Crippen molar-refractivity contribution in [2.45, 2.75) is 66.7 Å². The van der Waals surface area contributed by atoms with Gasteiger partial charge in [-0.15, -0.1) is 0 Å². The fraction of sp³-hybridized carbons (Fsp3) is 0.429. The lowest BCUT2D eigenvalue weighted by Gasteiger charge is -2.47. The Morgan fingerprint density at radius 1 is 1.12 bits per heavy atom. The Bertz CT molecular complexity index is 1580.